The predicted molar refractivity (Wildman–Crippen MR) is 112 cm³/mol. The minimum Gasteiger partial charge on any atom is -0.427 e. The minimum absolute atomic E-state index is 0.0265. The maximum Gasteiger partial charge on any atom is 0.308 e. The van der Waals surface area contributed by atoms with Gasteiger partial charge in [0.05, 0.1) is 0 Å². The normalized spacial score (nSPS) is 14.0. The van der Waals surface area contributed by atoms with Gasteiger partial charge in [-0.2, -0.15) is 0 Å². The van der Waals surface area contributed by atoms with Crippen LogP contribution in [-0.2, 0) is 20.9 Å². The molecule has 2 aromatic rings. The summed E-state index contributed by atoms with van der Waals surface area (Å²) in [5, 5.41) is 5.77. The molecule has 0 atom stereocenters. The Labute approximate surface area is 175 Å². The Morgan fingerprint density at radius 1 is 1.07 bits per heavy atom. The molecule has 1 fully saturated rings. The van der Waals surface area contributed by atoms with Crippen LogP contribution in [0, 0.1) is 5.92 Å². The summed E-state index contributed by atoms with van der Waals surface area (Å²) in [6, 6.07) is 13.7. The molecule has 0 aliphatic carbocycles. The van der Waals surface area contributed by atoms with Crippen molar-refractivity contribution in [2.45, 2.75) is 32.7 Å². The van der Waals surface area contributed by atoms with Crippen LogP contribution in [0.2, 0.25) is 0 Å². The Balaban J connectivity index is 1.54. The molecule has 7 nitrogen and oxygen atoms in total. The number of amides is 2. The fourth-order valence-electron chi connectivity index (χ4n) is 3.31. The van der Waals surface area contributed by atoms with Gasteiger partial charge in [-0.15, -0.1) is 0 Å². The molecule has 0 saturated carbocycles. The highest BCUT2D eigenvalue weighted by atomic mass is 16.5. The second-order valence-corrected chi connectivity index (χ2v) is 7.31. The number of rotatable bonds is 7. The first-order chi connectivity index (χ1) is 14.5. The first kappa shape index (κ1) is 21.5. The molecule has 2 amide bonds. The molecular formula is C23H26N2O5. The molecule has 1 heterocycles. The maximum absolute atomic E-state index is 12.5. The molecule has 0 spiro atoms. The summed E-state index contributed by atoms with van der Waals surface area (Å²) < 4.78 is 10.3. The lowest BCUT2D eigenvalue weighted by molar-refractivity contribution is -0.132. The highest BCUT2D eigenvalue weighted by Gasteiger charge is 2.17. The van der Waals surface area contributed by atoms with Crippen molar-refractivity contribution in [1.82, 2.24) is 5.32 Å². The highest BCUT2D eigenvalue weighted by molar-refractivity contribution is 6.04. The Morgan fingerprint density at radius 3 is 2.60 bits per heavy atom. The van der Waals surface area contributed by atoms with E-state index in [-0.39, 0.29) is 11.8 Å². The van der Waals surface area contributed by atoms with E-state index in [1.807, 2.05) is 18.2 Å². The molecule has 2 aromatic carbocycles. The molecule has 1 aliphatic heterocycles. The van der Waals surface area contributed by atoms with Crippen LogP contribution in [0.1, 0.15) is 42.1 Å². The molecule has 0 radical (unpaired) electrons. The monoisotopic (exact) mass is 410 g/mol. The van der Waals surface area contributed by atoms with Crippen molar-refractivity contribution < 1.29 is 23.9 Å². The van der Waals surface area contributed by atoms with Gasteiger partial charge in [-0.1, -0.05) is 18.2 Å². The molecule has 7 heteroatoms. The number of benzene rings is 2. The summed E-state index contributed by atoms with van der Waals surface area (Å²) in [7, 11) is 0. The van der Waals surface area contributed by atoms with Gasteiger partial charge in [0.2, 0.25) is 5.91 Å². The van der Waals surface area contributed by atoms with E-state index in [0.717, 1.165) is 31.6 Å². The zero-order chi connectivity index (χ0) is 21.3. The molecule has 0 unspecified atom stereocenters. The zero-order valence-corrected chi connectivity index (χ0v) is 17.0. The molecule has 30 heavy (non-hydrogen) atoms. The maximum atomic E-state index is 12.5. The van der Waals surface area contributed by atoms with Crippen LogP contribution in [0.25, 0.3) is 0 Å². The van der Waals surface area contributed by atoms with Crippen LogP contribution in [0.15, 0.2) is 48.5 Å². The molecule has 158 valence electrons. The molecule has 0 aromatic heterocycles. The number of hydrogen-bond donors (Lipinski definition) is 2. The quantitative estimate of drug-likeness (QED) is 0.540. The Hall–Kier alpha value is -3.19. The van der Waals surface area contributed by atoms with E-state index in [2.05, 4.69) is 10.6 Å². The van der Waals surface area contributed by atoms with E-state index in [4.69, 9.17) is 9.47 Å². The van der Waals surface area contributed by atoms with Gasteiger partial charge in [0.25, 0.3) is 5.91 Å². The van der Waals surface area contributed by atoms with Crippen LogP contribution in [-0.4, -0.2) is 31.0 Å². The van der Waals surface area contributed by atoms with Gasteiger partial charge in [-0.3, -0.25) is 14.4 Å². The van der Waals surface area contributed by atoms with Crippen molar-refractivity contribution >= 4 is 23.5 Å². The minimum atomic E-state index is -0.445. The first-order valence-electron chi connectivity index (χ1n) is 10.0. The summed E-state index contributed by atoms with van der Waals surface area (Å²) in [6.07, 6.45) is 2.36. The van der Waals surface area contributed by atoms with Crippen LogP contribution < -0.4 is 15.4 Å². The fraction of sp³-hybridized carbons (Fsp3) is 0.348. The topological polar surface area (TPSA) is 93.7 Å². The Kier molecular flexibility index (Phi) is 7.57. The van der Waals surface area contributed by atoms with Crippen molar-refractivity contribution in [3.63, 3.8) is 0 Å². The van der Waals surface area contributed by atoms with E-state index < -0.39 is 5.97 Å². The van der Waals surface area contributed by atoms with E-state index >= 15 is 0 Å². The average molecular weight is 410 g/mol. The van der Waals surface area contributed by atoms with Crippen molar-refractivity contribution in [2.75, 3.05) is 18.5 Å². The van der Waals surface area contributed by atoms with Gasteiger partial charge < -0.3 is 20.1 Å². The van der Waals surface area contributed by atoms with Crippen LogP contribution in [0.4, 0.5) is 5.69 Å². The van der Waals surface area contributed by atoms with Crippen molar-refractivity contribution in [3.05, 3.63) is 59.7 Å². The lowest BCUT2D eigenvalue weighted by Gasteiger charge is -2.21. The number of carbonyl (C=O) groups is 3. The molecule has 0 bridgehead atoms. The summed E-state index contributed by atoms with van der Waals surface area (Å²) in [5.74, 6) is -0.0364. The molecule has 1 aliphatic rings. The lowest BCUT2D eigenvalue weighted by Crippen LogP contribution is -2.27. The highest BCUT2D eigenvalue weighted by Crippen LogP contribution is 2.19. The molecule has 3 rings (SSSR count). The van der Waals surface area contributed by atoms with Crippen molar-refractivity contribution in [1.29, 1.82) is 0 Å². The number of esters is 1. The smallest absolute Gasteiger partial charge is 0.308 e. The fourth-order valence-corrected chi connectivity index (χ4v) is 3.31. The van der Waals surface area contributed by atoms with Crippen LogP contribution in [0.5, 0.6) is 5.75 Å². The molecular weight excluding hydrogens is 384 g/mol. The van der Waals surface area contributed by atoms with Crippen LogP contribution in [0.3, 0.4) is 0 Å². The second kappa shape index (κ2) is 10.5. The third-order valence-electron chi connectivity index (χ3n) is 4.85. The van der Waals surface area contributed by atoms with Gasteiger partial charge in [-0.05, 0) is 54.7 Å². The number of hydrogen-bond acceptors (Lipinski definition) is 5. The van der Waals surface area contributed by atoms with Crippen LogP contribution >= 0.6 is 0 Å². The van der Waals surface area contributed by atoms with E-state index in [0.29, 0.717) is 35.9 Å². The number of anilines is 1. The lowest BCUT2D eigenvalue weighted by atomic mass is 9.96. The van der Waals surface area contributed by atoms with Crippen molar-refractivity contribution in [3.8, 4) is 5.75 Å². The number of nitrogens with one attached hydrogen (secondary N) is 2. The Bertz CT molecular complexity index is 906. The SMILES string of the molecule is CC(=O)Oc1cccc(C(=O)Nc2cccc(CNC(=O)CC3CCOCC3)c2)c1. The van der Waals surface area contributed by atoms with E-state index in [1.54, 1.807) is 24.3 Å². The second-order valence-electron chi connectivity index (χ2n) is 7.31. The van der Waals surface area contributed by atoms with Gasteiger partial charge in [0, 0.05) is 44.4 Å². The van der Waals surface area contributed by atoms with Crippen molar-refractivity contribution in [2.24, 2.45) is 5.92 Å². The van der Waals surface area contributed by atoms with Gasteiger partial charge >= 0.3 is 5.97 Å². The zero-order valence-electron chi connectivity index (χ0n) is 17.0. The van der Waals surface area contributed by atoms with Gasteiger partial charge in [-0.25, -0.2) is 0 Å². The van der Waals surface area contributed by atoms with E-state index in [9.17, 15) is 14.4 Å². The molecule has 2 N–H and O–H groups in total. The first-order valence-corrected chi connectivity index (χ1v) is 10.0. The standard InChI is InChI=1S/C23H26N2O5/c1-16(26)30-21-7-3-5-19(14-21)23(28)25-20-6-2-4-18(12-20)15-24-22(27)13-17-8-10-29-11-9-17/h2-7,12,14,17H,8-11,13,15H2,1H3,(H,24,27)(H,25,28). The number of ether oxygens (including phenoxy) is 2. The predicted octanol–water partition coefficient (Wildman–Crippen LogP) is 3.30. The van der Waals surface area contributed by atoms with Gasteiger partial charge in [0.15, 0.2) is 0 Å². The summed E-state index contributed by atoms with van der Waals surface area (Å²) in [6.45, 7) is 3.15. The molecule has 1 saturated heterocycles. The third-order valence-corrected chi connectivity index (χ3v) is 4.85. The summed E-state index contributed by atoms with van der Waals surface area (Å²) in [5.41, 5.74) is 1.89. The summed E-state index contributed by atoms with van der Waals surface area (Å²) in [4.78, 5) is 35.8. The largest absolute Gasteiger partial charge is 0.427 e. The van der Waals surface area contributed by atoms with Gasteiger partial charge in [0.1, 0.15) is 5.75 Å². The Morgan fingerprint density at radius 2 is 1.83 bits per heavy atom. The number of carbonyl (C=O) groups excluding carboxylic acids is 3. The average Bonchev–Trinajstić information content (AvgIpc) is 2.73. The third kappa shape index (κ3) is 6.70. The summed E-state index contributed by atoms with van der Waals surface area (Å²) >= 11 is 0. The van der Waals surface area contributed by atoms with E-state index in [1.165, 1.54) is 13.0 Å².